The van der Waals surface area contributed by atoms with Crippen LogP contribution in [0.3, 0.4) is 0 Å². The Morgan fingerprint density at radius 2 is 2.19 bits per heavy atom. The van der Waals surface area contributed by atoms with E-state index in [-0.39, 0.29) is 18.3 Å². The second kappa shape index (κ2) is 9.64. The summed E-state index contributed by atoms with van der Waals surface area (Å²) in [6, 6.07) is 7.56. The van der Waals surface area contributed by atoms with E-state index in [1.807, 2.05) is 24.3 Å². The molecule has 1 aromatic rings. The Balaban J connectivity index is 0.00000220. The second-order valence-corrected chi connectivity index (χ2v) is 5.35. The molecule has 0 bridgehead atoms. The summed E-state index contributed by atoms with van der Waals surface area (Å²) < 4.78 is 5.62. The van der Waals surface area contributed by atoms with Crippen molar-refractivity contribution in [2.75, 3.05) is 25.0 Å². The van der Waals surface area contributed by atoms with Gasteiger partial charge in [-0.2, -0.15) is 0 Å². The third kappa shape index (κ3) is 7.34. The summed E-state index contributed by atoms with van der Waals surface area (Å²) in [6.45, 7) is 4.18. The van der Waals surface area contributed by atoms with Gasteiger partial charge in [-0.3, -0.25) is 4.79 Å². The average molecular weight is 313 g/mol. The third-order valence-electron chi connectivity index (χ3n) is 3.30. The van der Waals surface area contributed by atoms with Crippen LogP contribution in [-0.2, 0) is 4.79 Å². The van der Waals surface area contributed by atoms with Crippen molar-refractivity contribution < 1.29 is 9.53 Å². The van der Waals surface area contributed by atoms with Gasteiger partial charge in [-0.25, -0.2) is 0 Å². The van der Waals surface area contributed by atoms with E-state index in [9.17, 15) is 4.79 Å². The molecule has 0 radical (unpaired) electrons. The monoisotopic (exact) mass is 312 g/mol. The molecule has 2 rings (SSSR count). The molecule has 5 heteroatoms. The van der Waals surface area contributed by atoms with Crippen LogP contribution in [-0.4, -0.2) is 25.6 Å². The number of benzene rings is 1. The second-order valence-electron chi connectivity index (χ2n) is 5.35. The van der Waals surface area contributed by atoms with Crippen molar-refractivity contribution in [2.24, 2.45) is 5.92 Å². The molecule has 0 atom stereocenters. The Morgan fingerprint density at radius 3 is 2.90 bits per heavy atom. The van der Waals surface area contributed by atoms with Crippen molar-refractivity contribution in [3.8, 4) is 5.75 Å². The van der Waals surface area contributed by atoms with Crippen molar-refractivity contribution in [3.63, 3.8) is 0 Å². The van der Waals surface area contributed by atoms with Crippen LogP contribution in [0, 0.1) is 5.92 Å². The SMILES string of the molecule is CCCCOc1cccc(NC(=O)CNCC2CC2)c1.Cl. The quantitative estimate of drug-likeness (QED) is 0.688. The van der Waals surface area contributed by atoms with Gasteiger partial charge in [0.1, 0.15) is 5.75 Å². The van der Waals surface area contributed by atoms with Crippen LogP contribution in [0.15, 0.2) is 24.3 Å². The number of nitrogens with one attached hydrogen (secondary N) is 2. The van der Waals surface area contributed by atoms with Gasteiger partial charge in [-0.05, 0) is 43.9 Å². The highest BCUT2D eigenvalue weighted by Gasteiger charge is 2.20. The van der Waals surface area contributed by atoms with Crippen LogP contribution >= 0.6 is 12.4 Å². The third-order valence-corrected chi connectivity index (χ3v) is 3.30. The predicted molar refractivity (Wildman–Crippen MR) is 88.3 cm³/mol. The summed E-state index contributed by atoms with van der Waals surface area (Å²) in [4.78, 5) is 11.8. The van der Waals surface area contributed by atoms with Crippen LogP contribution in [0.1, 0.15) is 32.6 Å². The van der Waals surface area contributed by atoms with E-state index in [0.717, 1.165) is 43.3 Å². The van der Waals surface area contributed by atoms with Gasteiger partial charge in [-0.15, -0.1) is 12.4 Å². The Morgan fingerprint density at radius 1 is 1.38 bits per heavy atom. The van der Waals surface area contributed by atoms with Crippen LogP contribution in [0.25, 0.3) is 0 Å². The van der Waals surface area contributed by atoms with E-state index in [1.165, 1.54) is 12.8 Å². The first-order valence-electron chi connectivity index (χ1n) is 7.51. The molecule has 0 saturated heterocycles. The minimum absolute atomic E-state index is 0. The van der Waals surface area contributed by atoms with E-state index in [4.69, 9.17) is 4.74 Å². The maximum atomic E-state index is 11.8. The fourth-order valence-electron chi connectivity index (χ4n) is 1.91. The highest BCUT2D eigenvalue weighted by Crippen LogP contribution is 2.27. The zero-order valence-electron chi connectivity index (χ0n) is 12.6. The molecule has 118 valence electrons. The van der Waals surface area contributed by atoms with E-state index in [2.05, 4.69) is 17.6 Å². The zero-order valence-corrected chi connectivity index (χ0v) is 13.4. The molecule has 1 aromatic carbocycles. The zero-order chi connectivity index (χ0) is 14.2. The number of rotatable bonds is 9. The number of ether oxygens (including phenoxy) is 1. The molecule has 0 heterocycles. The van der Waals surface area contributed by atoms with E-state index in [1.54, 1.807) is 0 Å². The number of halogens is 1. The lowest BCUT2D eigenvalue weighted by Gasteiger charge is -2.09. The van der Waals surface area contributed by atoms with Crippen LogP contribution in [0.2, 0.25) is 0 Å². The first kappa shape index (κ1) is 17.8. The summed E-state index contributed by atoms with van der Waals surface area (Å²) in [5.41, 5.74) is 0.789. The van der Waals surface area contributed by atoms with E-state index in [0.29, 0.717) is 6.54 Å². The van der Waals surface area contributed by atoms with Crippen molar-refractivity contribution in [3.05, 3.63) is 24.3 Å². The van der Waals surface area contributed by atoms with Crippen molar-refractivity contribution in [1.82, 2.24) is 5.32 Å². The number of amides is 1. The Labute approximate surface area is 133 Å². The molecule has 0 aliphatic heterocycles. The molecular weight excluding hydrogens is 288 g/mol. The number of anilines is 1. The van der Waals surface area contributed by atoms with Crippen molar-refractivity contribution >= 4 is 24.0 Å². The van der Waals surface area contributed by atoms with Crippen molar-refractivity contribution in [2.45, 2.75) is 32.6 Å². The van der Waals surface area contributed by atoms with Gasteiger partial charge in [0.2, 0.25) is 5.91 Å². The van der Waals surface area contributed by atoms with E-state index < -0.39 is 0 Å². The molecular formula is C16H25ClN2O2. The minimum atomic E-state index is -0.00337. The molecule has 1 amide bonds. The fourth-order valence-corrected chi connectivity index (χ4v) is 1.91. The first-order valence-corrected chi connectivity index (χ1v) is 7.51. The van der Waals surface area contributed by atoms with E-state index >= 15 is 0 Å². The normalized spacial score (nSPS) is 13.4. The van der Waals surface area contributed by atoms with Crippen LogP contribution in [0.5, 0.6) is 5.75 Å². The molecule has 1 saturated carbocycles. The molecule has 2 N–H and O–H groups in total. The lowest BCUT2D eigenvalue weighted by molar-refractivity contribution is -0.115. The van der Waals surface area contributed by atoms with Gasteiger partial charge in [-0.1, -0.05) is 19.4 Å². The average Bonchev–Trinajstić information content (AvgIpc) is 3.24. The van der Waals surface area contributed by atoms with Gasteiger partial charge >= 0.3 is 0 Å². The molecule has 1 fully saturated rings. The number of hydrogen-bond donors (Lipinski definition) is 2. The maximum Gasteiger partial charge on any atom is 0.238 e. The lowest BCUT2D eigenvalue weighted by atomic mass is 10.3. The number of unbranched alkanes of at least 4 members (excludes halogenated alkanes) is 1. The van der Waals surface area contributed by atoms with Crippen molar-refractivity contribution in [1.29, 1.82) is 0 Å². The van der Waals surface area contributed by atoms with Gasteiger partial charge in [0.15, 0.2) is 0 Å². The smallest absolute Gasteiger partial charge is 0.238 e. The molecule has 1 aliphatic carbocycles. The molecule has 1 aliphatic rings. The molecule has 0 aromatic heterocycles. The highest BCUT2D eigenvalue weighted by molar-refractivity contribution is 5.92. The van der Waals surface area contributed by atoms with Gasteiger partial charge in [0.05, 0.1) is 13.2 Å². The minimum Gasteiger partial charge on any atom is -0.494 e. The standard InChI is InChI=1S/C16H24N2O2.ClH/c1-2-3-9-20-15-6-4-5-14(10-15)18-16(19)12-17-11-13-7-8-13;/h4-6,10,13,17H,2-3,7-9,11-12H2,1H3,(H,18,19);1H. The summed E-state index contributed by atoms with van der Waals surface area (Å²) >= 11 is 0. The summed E-state index contributed by atoms with van der Waals surface area (Å²) in [5, 5.41) is 6.07. The summed E-state index contributed by atoms with van der Waals surface area (Å²) in [7, 11) is 0. The number of carbonyl (C=O) groups is 1. The fraction of sp³-hybridized carbons (Fsp3) is 0.562. The topological polar surface area (TPSA) is 50.4 Å². The largest absolute Gasteiger partial charge is 0.494 e. The highest BCUT2D eigenvalue weighted by atomic mass is 35.5. The number of hydrogen-bond acceptors (Lipinski definition) is 3. The number of carbonyl (C=O) groups excluding carboxylic acids is 1. The lowest BCUT2D eigenvalue weighted by Crippen LogP contribution is -2.29. The van der Waals surface area contributed by atoms with Gasteiger partial charge in [0.25, 0.3) is 0 Å². The van der Waals surface area contributed by atoms with Crippen LogP contribution < -0.4 is 15.4 Å². The van der Waals surface area contributed by atoms with Gasteiger partial charge < -0.3 is 15.4 Å². The molecule has 21 heavy (non-hydrogen) atoms. The Kier molecular flexibility index (Phi) is 8.16. The predicted octanol–water partition coefficient (Wildman–Crippen LogP) is 3.23. The molecule has 0 spiro atoms. The molecule has 0 unspecified atom stereocenters. The first-order chi connectivity index (χ1) is 9.78. The summed E-state index contributed by atoms with van der Waals surface area (Å²) in [5.74, 6) is 1.59. The Hall–Kier alpha value is -1.26. The van der Waals surface area contributed by atoms with Gasteiger partial charge in [0, 0.05) is 11.8 Å². The summed E-state index contributed by atoms with van der Waals surface area (Å²) in [6.07, 6.45) is 4.75. The maximum absolute atomic E-state index is 11.8. The van der Waals surface area contributed by atoms with Crippen LogP contribution in [0.4, 0.5) is 5.69 Å². The molecule has 4 nitrogen and oxygen atoms in total. The Bertz CT molecular complexity index is 436.